The molecule has 10 aromatic rings. The summed E-state index contributed by atoms with van der Waals surface area (Å²) in [4.78, 5) is 24.9. The minimum atomic E-state index is -0.0722. The van der Waals surface area contributed by atoms with Crippen LogP contribution in [0.25, 0.3) is 101 Å². The van der Waals surface area contributed by atoms with E-state index in [1.165, 1.54) is 27.8 Å². The fraction of sp³-hybridized carbons (Fsp3) is 0.179. The van der Waals surface area contributed by atoms with Crippen molar-refractivity contribution in [1.29, 1.82) is 0 Å². The second kappa shape index (κ2) is 19.2. The van der Waals surface area contributed by atoms with Crippen molar-refractivity contribution < 1.29 is 0 Å². The summed E-state index contributed by atoms with van der Waals surface area (Å²) in [6.07, 6.45) is 7.51. The molecule has 0 radical (unpaired) electrons. The van der Waals surface area contributed by atoms with Gasteiger partial charge in [0, 0.05) is 52.6 Å². The molecular formula is C67H61N5. The predicted octanol–water partition coefficient (Wildman–Crippen LogP) is 17.6. The lowest BCUT2D eigenvalue weighted by Crippen LogP contribution is -2.11. The van der Waals surface area contributed by atoms with Crippen molar-refractivity contribution in [3.63, 3.8) is 0 Å². The van der Waals surface area contributed by atoms with E-state index in [0.29, 0.717) is 17.5 Å². The average molecular weight is 936 g/mol. The summed E-state index contributed by atoms with van der Waals surface area (Å²) in [5, 5.41) is 0. The molecule has 0 amide bonds. The number of benzene rings is 7. The van der Waals surface area contributed by atoms with E-state index in [4.69, 9.17) is 15.0 Å². The zero-order valence-corrected chi connectivity index (χ0v) is 42.9. The highest BCUT2D eigenvalue weighted by Gasteiger charge is 2.21. The van der Waals surface area contributed by atoms with Gasteiger partial charge in [-0.05, 0) is 137 Å². The SMILES string of the molecule is CC(C)(C)c1cc(-c2ccccc2)cc(-c2cccc(-c3nc(-c4cccc(-c5cc(-c6cccnc6)cc(C(C)(C)C)c5)c4)nc(-c4cccc(-c5cc(-c6cccnc6)cc(C(C)(C)C)c5)c4)n3)c2)c1. The predicted molar refractivity (Wildman–Crippen MR) is 300 cm³/mol. The molecule has 0 atom stereocenters. The summed E-state index contributed by atoms with van der Waals surface area (Å²) in [5.41, 5.74) is 19.7. The molecule has 0 aliphatic rings. The Hall–Kier alpha value is -8.15. The molecule has 7 aromatic carbocycles. The number of pyridine rings is 2. The van der Waals surface area contributed by atoms with Crippen LogP contribution in [0.4, 0.5) is 0 Å². The highest BCUT2D eigenvalue weighted by molar-refractivity contribution is 5.81. The number of rotatable bonds is 9. The molecule has 0 bridgehead atoms. The highest BCUT2D eigenvalue weighted by Crippen LogP contribution is 2.39. The number of aromatic nitrogens is 5. The number of nitrogens with zero attached hydrogens (tertiary/aromatic N) is 5. The second-order valence-corrected chi connectivity index (χ2v) is 22.0. The van der Waals surface area contributed by atoms with Crippen molar-refractivity contribution in [2.45, 2.75) is 78.6 Å². The van der Waals surface area contributed by atoms with E-state index in [0.717, 1.165) is 72.3 Å². The Morgan fingerprint density at radius 3 is 0.806 bits per heavy atom. The first-order valence-corrected chi connectivity index (χ1v) is 24.9. The quantitative estimate of drug-likeness (QED) is 0.144. The van der Waals surface area contributed by atoms with Crippen molar-refractivity contribution in [2.24, 2.45) is 0 Å². The molecule has 3 heterocycles. The minimum absolute atomic E-state index is 0.0546. The van der Waals surface area contributed by atoms with Crippen LogP contribution in [0.1, 0.15) is 79.0 Å². The van der Waals surface area contributed by atoms with Crippen molar-refractivity contribution in [3.8, 4) is 101 Å². The summed E-state index contributed by atoms with van der Waals surface area (Å²) in [6, 6.07) is 65.4. The lowest BCUT2D eigenvalue weighted by Gasteiger charge is -2.22. The van der Waals surface area contributed by atoms with Crippen LogP contribution < -0.4 is 0 Å². The van der Waals surface area contributed by atoms with E-state index < -0.39 is 0 Å². The first-order chi connectivity index (χ1) is 34.5. The fourth-order valence-electron chi connectivity index (χ4n) is 9.16. The van der Waals surface area contributed by atoms with Crippen molar-refractivity contribution in [1.82, 2.24) is 24.9 Å². The number of hydrogen-bond acceptors (Lipinski definition) is 5. The third kappa shape index (κ3) is 10.5. The Kier molecular flexibility index (Phi) is 12.7. The molecule has 0 spiro atoms. The van der Waals surface area contributed by atoms with Crippen LogP contribution in [-0.2, 0) is 16.2 Å². The molecule has 354 valence electrons. The summed E-state index contributed by atoms with van der Waals surface area (Å²) in [6.45, 7) is 20.4. The van der Waals surface area contributed by atoms with E-state index in [1.54, 1.807) is 0 Å². The van der Waals surface area contributed by atoms with Crippen molar-refractivity contribution in [3.05, 3.63) is 223 Å². The second-order valence-electron chi connectivity index (χ2n) is 22.0. The molecule has 5 nitrogen and oxygen atoms in total. The Labute approximate surface area is 425 Å². The fourth-order valence-corrected chi connectivity index (χ4v) is 9.16. The summed E-state index contributed by atoms with van der Waals surface area (Å²) in [7, 11) is 0. The molecule has 0 unspecified atom stereocenters. The van der Waals surface area contributed by atoms with Gasteiger partial charge in [-0.1, -0.05) is 196 Å². The van der Waals surface area contributed by atoms with Crippen molar-refractivity contribution >= 4 is 0 Å². The summed E-state index contributed by atoms with van der Waals surface area (Å²) < 4.78 is 0. The maximum absolute atomic E-state index is 5.34. The third-order valence-corrected chi connectivity index (χ3v) is 13.5. The first-order valence-electron chi connectivity index (χ1n) is 24.9. The van der Waals surface area contributed by atoms with Gasteiger partial charge in [0.15, 0.2) is 17.5 Å². The minimum Gasteiger partial charge on any atom is -0.264 e. The molecule has 5 heteroatoms. The van der Waals surface area contributed by atoms with Gasteiger partial charge in [-0.25, -0.2) is 15.0 Å². The van der Waals surface area contributed by atoms with Gasteiger partial charge < -0.3 is 0 Å². The van der Waals surface area contributed by atoms with Crippen LogP contribution in [-0.4, -0.2) is 24.9 Å². The van der Waals surface area contributed by atoms with Gasteiger partial charge >= 0.3 is 0 Å². The van der Waals surface area contributed by atoms with Gasteiger partial charge in [-0.3, -0.25) is 9.97 Å². The lowest BCUT2D eigenvalue weighted by atomic mass is 9.83. The topological polar surface area (TPSA) is 64.5 Å². The molecule has 3 aromatic heterocycles. The Morgan fingerprint density at radius 2 is 0.500 bits per heavy atom. The largest absolute Gasteiger partial charge is 0.264 e. The van der Waals surface area contributed by atoms with E-state index in [9.17, 15) is 0 Å². The maximum Gasteiger partial charge on any atom is 0.164 e. The molecule has 0 aliphatic carbocycles. The van der Waals surface area contributed by atoms with Gasteiger partial charge in [0.2, 0.25) is 0 Å². The van der Waals surface area contributed by atoms with Crippen LogP contribution in [0.2, 0.25) is 0 Å². The maximum atomic E-state index is 5.34. The van der Waals surface area contributed by atoms with E-state index in [-0.39, 0.29) is 16.2 Å². The Morgan fingerprint density at radius 1 is 0.236 bits per heavy atom. The Balaban J connectivity index is 1.13. The van der Waals surface area contributed by atoms with Crippen LogP contribution in [0.5, 0.6) is 0 Å². The average Bonchev–Trinajstić information content (AvgIpc) is 3.40. The zero-order valence-electron chi connectivity index (χ0n) is 42.9. The van der Waals surface area contributed by atoms with E-state index in [2.05, 4.69) is 242 Å². The lowest BCUT2D eigenvalue weighted by molar-refractivity contribution is 0.590. The van der Waals surface area contributed by atoms with E-state index in [1.807, 2.05) is 36.9 Å². The molecule has 0 N–H and O–H groups in total. The highest BCUT2D eigenvalue weighted by atomic mass is 15.0. The third-order valence-electron chi connectivity index (χ3n) is 13.5. The van der Waals surface area contributed by atoms with Gasteiger partial charge in [0.1, 0.15) is 0 Å². The molecule has 10 rings (SSSR count). The molecule has 0 fully saturated rings. The van der Waals surface area contributed by atoms with Gasteiger partial charge in [0.25, 0.3) is 0 Å². The normalized spacial score (nSPS) is 12.0. The smallest absolute Gasteiger partial charge is 0.164 e. The van der Waals surface area contributed by atoms with Crippen molar-refractivity contribution in [2.75, 3.05) is 0 Å². The zero-order chi connectivity index (χ0) is 50.2. The van der Waals surface area contributed by atoms with Crippen LogP contribution in [0, 0.1) is 0 Å². The molecule has 0 aliphatic heterocycles. The standard InChI is InChI=1S/C67H61N5/c1-65(2,3)59-36-53(44-18-11-10-12-19-44)33-54(37-59)45-20-13-23-48(30-45)62-70-63(49-24-14-21-46(31-49)55-34-57(51-26-16-28-68-42-51)40-60(38-55)66(4,5)6)72-64(71-62)50-25-15-22-47(32-50)56-35-58(52-27-17-29-69-43-52)41-61(39-56)67(7,8)9/h10-43H,1-9H3. The Bertz CT molecular complexity index is 3170. The van der Waals surface area contributed by atoms with Gasteiger partial charge in [-0.15, -0.1) is 0 Å². The van der Waals surface area contributed by atoms with Crippen LogP contribution in [0.15, 0.2) is 207 Å². The summed E-state index contributed by atoms with van der Waals surface area (Å²) in [5.74, 6) is 1.80. The van der Waals surface area contributed by atoms with Gasteiger partial charge in [0.05, 0.1) is 0 Å². The molecule has 0 saturated heterocycles. The monoisotopic (exact) mass is 935 g/mol. The first kappa shape index (κ1) is 47.5. The number of hydrogen-bond donors (Lipinski definition) is 0. The molecular weight excluding hydrogens is 875 g/mol. The van der Waals surface area contributed by atoms with Gasteiger partial charge in [-0.2, -0.15) is 0 Å². The van der Waals surface area contributed by atoms with E-state index >= 15 is 0 Å². The molecule has 0 saturated carbocycles. The van der Waals surface area contributed by atoms with Crippen LogP contribution in [0.3, 0.4) is 0 Å². The van der Waals surface area contributed by atoms with Crippen LogP contribution >= 0.6 is 0 Å². The molecule has 72 heavy (non-hydrogen) atoms. The summed E-state index contributed by atoms with van der Waals surface area (Å²) >= 11 is 0.